The van der Waals surface area contributed by atoms with Crippen molar-refractivity contribution in [3.8, 4) is 11.3 Å². The zero-order valence-electron chi connectivity index (χ0n) is 14.1. The molecule has 0 atom stereocenters. The van der Waals surface area contributed by atoms with Crippen molar-refractivity contribution >= 4 is 22.7 Å². The lowest BCUT2D eigenvalue weighted by molar-refractivity contribution is 0.102. The molecule has 134 valence electrons. The zero-order valence-corrected chi connectivity index (χ0v) is 14.1. The Morgan fingerprint density at radius 1 is 1.19 bits per heavy atom. The van der Waals surface area contributed by atoms with E-state index in [0.717, 1.165) is 11.6 Å². The number of amides is 1. The average Bonchev–Trinajstić information content (AvgIpc) is 3.10. The first-order chi connectivity index (χ1) is 13.0. The highest BCUT2D eigenvalue weighted by Gasteiger charge is 2.20. The number of aryl methyl sites for hydroxylation is 1. The number of aromatic nitrogens is 3. The van der Waals surface area contributed by atoms with Crippen LogP contribution < -0.4 is 10.9 Å². The molecule has 3 aromatic heterocycles. The van der Waals surface area contributed by atoms with E-state index in [1.807, 2.05) is 0 Å². The van der Waals surface area contributed by atoms with Gasteiger partial charge < -0.3 is 9.73 Å². The smallest absolute Gasteiger partial charge is 0.349 e. The van der Waals surface area contributed by atoms with Crippen LogP contribution in [-0.2, 0) is 0 Å². The Bertz CT molecular complexity index is 1210. The third-order valence-corrected chi connectivity index (χ3v) is 4.17. The number of halogens is 1. The molecule has 0 saturated carbocycles. The van der Waals surface area contributed by atoms with E-state index in [9.17, 15) is 14.0 Å². The van der Waals surface area contributed by atoms with Crippen LogP contribution in [0.25, 0.3) is 22.2 Å². The van der Waals surface area contributed by atoms with Crippen LogP contribution in [0.1, 0.15) is 15.9 Å². The average molecular weight is 364 g/mol. The molecule has 0 aliphatic carbocycles. The second-order valence-electron chi connectivity index (χ2n) is 5.89. The molecule has 0 unspecified atom stereocenters. The highest BCUT2D eigenvalue weighted by molar-refractivity contribution is 6.06. The maximum atomic E-state index is 13.3. The molecule has 7 nitrogen and oxygen atoms in total. The van der Waals surface area contributed by atoms with E-state index in [2.05, 4.69) is 20.5 Å². The zero-order chi connectivity index (χ0) is 19.0. The normalized spacial score (nSPS) is 10.9. The van der Waals surface area contributed by atoms with Crippen molar-refractivity contribution in [3.05, 3.63) is 76.2 Å². The van der Waals surface area contributed by atoms with Gasteiger partial charge in [-0.25, -0.2) is 9.18 Å². The summed E-state index contributed by atoms with van der Waals surface area (Å²) in [4.78, 5) is 28.8. The molecule has 0 radical (unpaired) electrons. The van der Waals surface area contributed by atoms with Gasteiger partial charge in [-0.2, -0.15) is 5.10 Å². The summed E-state index contributed by atoms with van der Waals surface area (Å²) >= 11 is 0. The van der Waals surface area contributed by atoms with Crippen molar-refractivity contribution in [3.63, 3.8) is 0 Å². The summed E-state index contributed by atoms with van der Waals surface area (Å²) in [6.45, 7) is 1.61. The lowest BCUT2D eigenvalue weighted by Crippen LogP contribution is -2.22. The Kier molecular flexibility index (Phi) is 4.00. The van der Waals surface area contributed by atoms with Crippen LogP contribution in [0, 0.1) is 12.7 Å². The molecule has 0 aliphatic rings. The lowest BCUT2D eigenvalue weighted by Gasteiger charge is -2.07. The van der Waals surface area contributed by atoms with E-state index < -0.39 is 17.3 Å². The number of benzene rings is 1. The predicted octanol–water partition coefficient (Wildman–Crippen LogP) is 3.28. The fourth-order valence-corrected chi connectivity index (χ4v) is 2.84. The topological polar surface area (TPSA) is 101 Å². The number of aromatic amines is 1. The first-order valence-corrected chi connectivity index (χ1v) is 8.03. The molecular weight excluding hydrogens is 351 g/mol. The first kappa shape index (κ1) is 16.6. The van der Waals surface area contributed by atoms with Crippen LogP contribution in [0.5, 0.6) is 0 Å². The van der Waals surface area contributed by atoms with Crippen molar-refractivity contribution in [2.24, 2.45) is 0 Å². The van der Waals surface area contributed by atoms with Crippen molar-refractivity contribution in [2.75, 3.05) is 5.32 Å². The maximum absolute atomic E-state index is 13.3. The van der Waals surface area contributed by atoms with E-state index in [1.54, 1.807) is 37.5 Å². The predicted molar refractivity (Wildman–Crippen MR) is 97.0 cm³/mol. The largest absolute Gasteiger partial charge is 0.422 e. The molecule has 0 fully saturated rings. The van der Waals surface area contributed by atoms with Crippen LogP contribution in [0.3, 0.4) is 0 Å². The van der Waals surface area contributed by atoms with Crippen LogP contribution in [0.2, 0.25) is 0 Å². The van der Waals surface area contributed by atoms with Gasteiger partial charge in [-0.15, -0.1) is 0 Å². The minimum absolute atomic E-state index is 0.0915. The molecular formula is C19H13FN4O3. The first-order valence-electron chi connectivity index (χ1n) is 8.03. The SMILES string of the molecule is Cc1c(C(=O)Nc2cc(-c3ccncc3)[nH]n2)c(=O)oc2cc(F)ccc12. The molecule has 4 rings (SSSR count). The minimum Gasteiger partial charge on any atom is -0.422 e. The van der Waals surface area contributed by atoms with Gasteiger partial charge in [-0.1, -0.05) is 0 Å². The lowest BCUT2D eigenvalue weighted by atomic mass is 10.1. The van der Waals surface area contributed by atoms with Crippen LogP contribution >= 0.6 is 0 Å². The van der Waals surface area contributed by atoms with Crippen molar-refractivity contribution in [2.45, 2.75) is 6.92 Å². The summed E-state index contributed by atoms with van der Waals surface area (Å²) in [7, 11) is 0. The number of pyridine rings is 1. The van der Waals surface area contributed by atoms with Crippen LogP contribution in [0.15, 0.2) is 58.0 Å². The highest BCUT2D eigenvalue weighted by atomic mass is 19.1. The van der Waals surface area contributed by atoms with Crippen molar-refractivity contribution in [1.82, 2.24) is 15.2 Å². The van der Waals surface area contributed by atoms with Crippen molar-refractivity contribution in [1.29, 1.82) is 0 Å². The number of nitrogens with one attached hydrogen (secondary N) is 2. The fraction of sp³-hybridized carbons (Fsp3) is 0.0526. The summed E-state index contributed by atoms with van der Waals surface area (Å²) in [5.74, 6) is -0.924. The van der Waals surface area contributed by atoms with Gasteiger partial charge in [0.2, 0.25) is 0 Å². The summed E-state index contributed by atoms with van der Waals surface area (Å²) in [6.07, 6.45) is 3.28. The van der Waals surface area contributed by atoms with Gasteiger partial charge in [0.1, 0.15) is 17.0 Å². The Labute approximate surface area is 151 Å². The maximum Gasteiger partial charge on any atom is 0.349 e. The Morgan fingerprint density at radius 2 is 1.96 bits per heavy atom. The minimum atomic E-state index is -0.840. The second kappa shape index (κ2) is 6.49. The van der Waals surface area contributed by atoms with Gasteiger partial charge >= 0.3 is 5.63 Å². The number of fused-ring (bicyclic) bond motifs is 1. The van der Waals surface area contributed by atoms with Gasteiger partial charge in [0, 0.05) is 35.5 Å². The van der Waals surface area contributed by atoms with Gasteiger partial charge in [-0.05, 0) is 36.8 Å². The number of carbonyl (C=O) groups excluding carboxylic acids is 1. The summed E-state index contributed by atoms with van der Waals surface area (Å²) in [5, 5.41) is 9.90. The highest BCUT2D eigenvalue weighted by Crippen LogP contribution is 2.22. The molecule has 3 heterocycles. The molecule has 0 spiro atoms. The molecule has 8 heteroatoms. The number of H-pyrrole nitrogens is 1. The molecule has 27 heavy (non-hydrogen) atoms. The molecule has 2 N–H and O–H groups in total. The third-order valence-electron chi connectivity index (χ3n) is 4.17. The number of nitrogens with zero attached hydrogens (tertiary/aromatic N) is 2. The van der Waals surface area contributed by atoms with E-state index in [4.69, 9.17) is 4.42 Å². The van der Waals surface area contributed by atoms with E-state index >= 15 is 0 Å². The van der Waals surface area contributed by atoms with Gasteiger partial charge in [0.15, 0.2) is 5.82 Å². The number of rotatable bonds is 3. The molecule has 0 bridgehead atoms. The standard InChI is InChI=1S/C19H13FN4O3/c1-10-13-3-2-12(20)8-15(13)27-19(26)17(10)18(25)22-16-9-14(23-24-16)11-4-6-21-7-5-11/h2-9H,1H3,(H2,22,23,24,25). The van der Waals surface area contributed by atoms with E-state index in [-0.39, 0.29) is 17.0 Å². The number of anilines is 1. The molecule has 0 aliphatic heterocycles. The fourth-order valence-electron chi connectivity index (χ4n) is 2.84. The van der Waals surface area contributed by atoms with Crippen LogP contribution in [0.4, 0.5) is 10.2 Å². The van der Waals surface area contributed by atoms with Gasteiger partial charge in [0.05, 0.1) is 5.69 Å². The van der Waals surface area contributed by atoms with E-state index in [0.29, 0.717) is 16.6 Å². The van der Waals surface area contributed by atoms with E-state index in [1.165, 1.54) is 12.1 Å². The number of carbonyl (C=O) groups is 1. The number of hydrogen-bond donors (Lipinski definition) is 2. The summed E-state index contributed by atoms with van der Waals surface area (Å²) < 4.78 is 18.4. The Hall–Kier alpha value is -3.81. The quantitative estimate of drug-likeness (QED) is 0.543. The Balaban J connectivity index is 1.67. The monoisotopic (exact) mass is 364 g/mol. The van der Waals surface area contributed by atoms with Crippen molar-refractivity contribution < 1.29 is 13.6 Å². The van der Waals surface area contributed by atoms with Gasteiger partial charge in [-0.3, -0.25) is 14.9 Å². The second-order valence-corrected chi connectivity index (χ2v) is 5.89. The number of hydrogen-bond acceptors (Lipinski definition) is 5. The molecule has 4 aromatic rings. The van der Waals surface area contributed by atoms with Crippen LogP contribution in [-0.4, -0.2) is 21.1 Å². The Morgan fingerprint density at radius 3 is 2.74 bits per heavy atom. The summed E-state index contributed by atoms with van der Waals surface area (Å²) in [5.41, 5.74) is 1.04. The third kappa shape index (κ3) is 3.08. The summed E-state index contributed by atoms with van der Waals surface area (Å²) in [6, 6.07) is 9.04. The molecule has 0 saturated heterocycles. The van der Waals surface area contributed by atoms with Gasteiger partial charge in [0.25, 0.3) is 5.91 Å². The molecule has 1 aromatic carbocycles. The molecule has 1 amide bonds.